The maximum Gasteiger partial charge on any atom is 0.323 e. The Hall–Kier alpha value is -3.09. The molecule has 1 aliphatic carbocycles. The summed E-state index contributed by atoms with van der Waals surface area (Å²) in [5, 5.41) is 12.7. The highest BCUT2D eigenvalue weighted by Crippen LogP contribution is 2.45. The van der Waals surface area contributed by atoms with Crippen LogP contribution in [0, 0.1) is 46.5 Å². The van der Waals surface area contributed by atoms with Crippen LogP contribution in [0.25, 0.3) is 0 Å². The normalized spacial score (nSPS) is 21.7. The lowest BCUT2D eigenvalue weighted by molar-refractivity contribution is -0.145. The Bertz CT molecular complexity index is 1080. The lowest BCUT2D eigenvalue weighted by Crippen LogP contribution is -2.33. The molecule has 2 fully saturated rings. The summed E-state index contributed by atoms with van der Waals surface area (Å²) in [5.41, 5.74) is 1.03. The van der Waals surface area contributed by atoms with Gasteiger partial charge in [0.15, 0.2) is 11.6 Å². The van der Waals surface area contributed by atoms with E-state index in [-0.39, 0.29) is 18.7 Å². The Kier molecular flexibility index (Phi) is 7.93. The van der Waals surface area contributed by atoms with Gasteiger partial charge >= 0.3 is 5.97 Å². The summed E-state index contributed by atoms with van der Waals surface area (Å²) in [4.78, 5) is 13.8. The fourth-order valence-electron chi connectivity index (χ4n) is 4.75. The van der Waals surface area contributed by atoms with E-state index in [0.717, 1.165) is 24.7 Å². The van der Waals surface area contributed by atoms with Gasteiger partial charge in [0, 0.05) is 43.9 Å². The first-order valence-electron chi connectivity index (χ1n) is 11.8. The Morgan fingerprint density at radius 3 is 2.49 bits per heavy atom. The second kappa shape index (κ2) is 11.1. The number of halogens is 3. The van der Waals surface area contributed by atoms with Gasteiger partial charge in [-0.3, -0.25) is 9.69 Å². The van der Waals surface area contributed by atoms with Crippen molar-refractivity contribution in [1.82, 2.24) is 10.2 Å². The molecule has 0 aromatic heterocycles. The fraction of sp³-hybridized carbons (Fsp3) is 0.462. The Balaban J connectivity index is 1.14. The molecule has 186 valence electrons. The van der Waals surface area contributed by atoms with E-state index >= 15 is 0 Å². The van der Waals surface area contributed by atoms with Crippen LogP contribution in [0.15, 0.2) is 36.4 Å². The SMILES string of the molecule is CCOC(=O)[C@H](C#N)Cc1ccc(OCCN[C@H]2C3CN(Cc4cc(F)c(F)cc4F)C[C@@H]32)cc1. The van der Waals surface area contributed by atoms with E-state index in [0.29, 0.717) is 49.3 Å². The zero-order valence-corrected chi connectivity index (χ0v) is 19.5. The molecule has 4 rings (SSSR count). The minimum Gasteiger partial charge on any atom is -0.492 e. The van der Waals surface area contributed by atoms with Gasteiger partial charge in [-0.1, -0.05) is 12.1 Å². The van der Waals surface area contributed by atoms with Crippen LogP contribution in [0.4, 0.5) is 13.2 Å². The molecule has 0 amide bonds. The van der Waals surface area contributed by atoms with Crippen LogP contribution in [0.2, 0.25) is 0 Å². The highest BCUT2D eigenvalue weighted by Gasteiger charge is 2.55. The molecule has 4 atom stereocenters. The number of hydrogen-bond donors (Lipinski definition) is 1. The molecule has 0 radical (unpaired) electrons. The molecule has 1 saturated heterocycles. The lowest BCUT2D eigenvalue weighted by Gasteiger charge is -2.20. The van der Waals surface area contributed by atoms with Gasteiger partial charge in [0.05, 0.1) is 12.7 Å². The van der Waals surface area contributed by atoms with Crippen LogP contribution in [0.5, 0.6) is 5.75 Å². The van der Waals surface area contributed by atoms with Crippen LogP contribution in [-0.4, -0.2) is 49.8 Å². The van der Waals surface area contributed by atoms with Gasteiger partial charge < -0.3 is 14.8 Å². The zero-order chi connectivity index (χ0) is 24.9. The third-order valence-corrected chi connectivity index (χ3v) is 6.59. The number of esters is 1. The first-order chi connectivity index (χ1) is 16.9. The van der Waals surface area contributed by atoms with Gasteiger partial charge in [-0.15, -0.1) is 0 Å². The molecule has 2 aromatic carbocycles. The molecule has 2 aromatic rings. The highest BCUT2D eigenvalue weighted by molar-refractivity contribution is 5.75. The summed E-state index contributed by atoms with van der Waals surface area (Å²) in [6.45, 7) is 4.97. The minimum absolute atomic E-state index is 0.179. The molecular formula is C26H28F3N3O3. The highest BCUT2D eigenvalue weighted by atomic mass is 19.2. The number of nitriles is 1. The number of nitrogens with one attached hydrogen (secondary N) is 1. The molecule has 35 heavy (non-hydrogen) atoms. The summed E-state index contributed by atoms with van der Waals surface area (Å²) >= 11 is 0. The summed E-state index contributed by atoms with van der Waals surface area (Å²) in [6, 6.07) is 11.2. The van der Waals surface area contributed by atoms with E-state index in [1.165, 1.54) is 0 Å². The molecule has 1 heterocycles. The van der Waals surface area contributed by atoms with Crippen molar-refractivity contribution in [3.05, 3.63) is 65.0 Å². The summed E-state index contributed by atoms with van der Waals surface area (Å²) < 4.78 is 51.1. The summed E-state index contributed by atoms with van der Waals surface area (Å²) in [5.74, 6) is -2.60. The van der Waals surface area contributed by atoms with Gasteiger partial charge in [-0.05, 0) is 48.9 Å². The average Bonchev–Trinajstić information content (AvgIpc) is 3.29. The van der Waals surface area contributed by atoms with Gasteiger partial charge in [-0.25, -0.2) is 13.2 Å². The number of carbonyl (C=O) groups is 1. The van der Waals surface area contributed by atoms with E-state index in [2.05, 4.69) is 10.2 Å². The molecule has 1 saturated carbocycles. The van der Waals surface area contributed by atoms with Crippen molar-refractivity contribution in [3.63, 3.8) is 0 Å². The molecule has 2 aliphatic rings. The average molecular weight is 488 g/mol. The molecule has 0 spiro atoms. The predicted molar refractivity (Wildman–Crippen MR) is 122 cm³/mol. The first-order valence-corrected chi connectivity index (χ1v) is 11.8. The van der Waals surface area contributed by atoms with Crippen LogP contribution in [0.3, 0.4) is 0 Å². The maximum absolute atomic E-state index is 13.9. The quantitative estimate of drug-likeness (QED) is 0.297. The maximum atomic E-state index is 13.9. The van der Waals surface area contributed by atoms with Crippen molar-refractivity contribution >= 4 is 5.97 Å². The van der Waals surface area contributed by atoms with Crippen LogP contribution < -0.4 is 10.1 Å². The van der Waals surface area contributed by atoms with E-state index < -0.39 is 29.3 Å². The smallest absolute Gasteiger partial charge is 0.323 e. The second-order valence-corrected chi connectivity index (χ2v) is 8.99. The van der Waals surface area contributed by atoms with Crippen molar-refractivity contribution < 1.29 is 27.4 Å². The number of nitrogens with zero attached hydrogens (tertiary/aromatic N) is 2. The molecule has 9 heteroatoms. The topological polar surface area (TPSA) is 74.6 Å². The monoisotopic (exact) mass is 487 g/mol. The Morgan fingerprint density at radius 2 is 1.83 bits per heavy atom. The molecule has 1 unspecified atom stereocenters. The van der Waals surface area contributed by atoms with E-state index in [9.17, 15) is 23.2 Å². The largest absolute Gasteiger partial charge is 0.492 e. The number of piperidine rings is 1. The molecular weight excluding hydrogens is 459 g/mol. The number of likely N-dealkylation sites (tertiary alicyclic amines) is 1. The van der Waals surface area contributed by atoms with Crippen molar-refractivity contribution in [2.75, 3.05) is 32.8 Å². The molecule has 6 nitrogen and oxygen atoms in total. The summed E-state index contributed by atoms with van der Waals surface area (Å²) in [6.07, 6.45) is 0.293. The first kappa shape index (κ1) is 25.0. The molecule has 1 aliphatic heterocycles. The van der Waals surface area contributed by atoms with E-state index in [4.69, 9.17) is 9.47 Å². The fourth-order valence-corrected chi connectivity index (χ4v) is 4.75. The van der Waals surface area contributed by atoms with Gasteiger partial charge in [0.1, 0.15) is 24.1 Å². The summed E-state index contributed by atoms with van der Waals surface area (Å²) in [7, 11) is 0. The number of fused-ring (bicyclic) bond motifs is 1. The number of hydrogen-bond acceptors (Lipinski definition) is 6. The second-order valence-electron chi connectivity index (χ2n) is 8.99. The van der Waals surface area contributed by atoms with E-state index in [1.807, 2.05) is 30.3 Å². The van der Waals surface area contributed by atoms with Crippen LogP contribution in [-0.2, 0) is 22.5 Å². The van der Waals surface area contributed by atoms with Gasteiger partial charge in [-0.2, -0.15) is 5.26 Å². The van der Waals surface area contributed by atoms with Gasteiger partial charge in [0.2, 0.25) is 0 Å². The lowest BCUT2D eigenvalue weighted by atomic mass is 10.0. The van der Waals surface area contributed by atoms with Crippen molar-refractivity contribution in [2.45, 2.75) is 25.9 Å². The Labute approximate surface area is 202 Å². The third kappa shape index (κ3) is 6.13. The number of rotatable bonds is 11. The number of carbonyl (C=O) groups excluding carboxylic acids is 1. The van der Waals surface area contributed by atoms with Gasteiger partial charge in [0.25, 0.3) is 0 Å². The third-order valence-electron chi connectivity index (χ3n) is 6.59. The zero-order valence-electron chi connectivity index (χ0n) is 19.5. The molecule has 0 bridgehead atoms. The molecule has 1 N–H and O–H groups in total. The van der Waals surface area contributed by atoms with Crippen LogP contribution >= 0.6 is 0 Å². The minimum atomic E-state index is -1.17. The number of benzene rings is 2. The van der Waals surface area contributed by atoms with Crippen molar-refractivity contribution in [2.24, 2.45) is 17.8 Å². The van der Waals surface area contributed by atoms with Crippen molar-refractivity contribution in [1.29, 1.82) is 5.26 Å². The van der Waals surface area contributed by atoms with Crippen LogP contribution in [0.1, 0.15) is 18.1 Å². The number of ether oxygens (including phenoxy) is 2. The standard InChI is InChI=1S/C26H28F3N3O3/c1-2-34-26(33)17(12-30)9-16-3-5-19(6-4-16)35-8-7-31-25-20-14-32(15-21(20)25)13-18-10-23(28)24(29)11-22(18)27/h3-6,10-11,17,20-21,25,31H,2,7-9,13-15H2,1H3/t17-,20-,21?,25+/m0/s1. The Morgan fingerprint density at radius 1 is 1.14 bits per heavy atom. The van der Waals surface area contributed by atoms with Crippen molar-refractivity contribution in [3.8, 4) is 11.8 Å². The predicted octanol–water partition coefficient (Wildman–Crippen LogP) is 3.45. The van der Waals surface area contributed by atoms with E-state index in [1.54, 1.807) is 6.92 Å².